The van der Waals surface area contributed by atoms with E-state index in [9.17, 15) is 0 Å². The first-order valence-corrected chi connectivity index (χ1v) is 6.49. The zero-order valence-corrected chi connectivity index (χ0v) is 11.1. The van der Waals surface area contributed by atoms with Crippen LogP contribution in [0.5, 0.6) is 0 Å². The number of hydrogen-bond donors (Lipinski definition) is 0. The summed E-state index contributed by atoms with van der Waals surface area (Å²) in [6.07, 6.45) is 1.89. The van der Waals surface area contributed by atoms with Gasteiger partial charge in [0.25, 0.3) is 0 Å². The Morgan fingerprint density at radius 1 is 1.62 bits per heavy atom. The molecule has 1 aliphatic heterocycles. The van der Waals surface area contributed by atoms with Crippen LogP contribution in [0.3, 0.4) is 0 Å². The van der Waals surface area contributed by atoms with Gasteiger partial charge in [0.05, 0.1) is 11.7 Å². The highest BCUT2D eigenvalue weighted by molar-refractivity contribution is 9.09. The van der Waals surface area contributed by atoms with E-state index in [-0.39, 0.29) is 11.7 Å². The second kappa shape index (κ2) is 4.67. The molecule has 88 valence electrons. The van der Waals surface area contributed by atoms with Crippen LogP contribution >= 0.6 is 15.9 Å². The Morgan fingerprint density at radius 2 is 2.44 bits per heavy atom. The molecule has 2 rings (SSSR count). The van der Waals surface area contributed by atoms with Crippen molar-refractivity contribution in [1.82, 2.24) is 10.2 Å². The van der Waals surface area contributed by atoms with E-state index in [1.807, 2.05) is 12.1 Å². The maximum Gasteiger partial charge on any atom is 0.151 e. The van der Waals surface area contributed by atoms with Gasteiger partial charge in [0.2, 0.25) is 0 Å². The summed E-state index contributed by atoms with van der Waals surface area (Å²) in [5.74, 6) is 0.921. The van der Waals surface area contributed by atoms with Crippen molar-refractivity contribution in [1.29, 1.82) is 0 Å². The predicted molar refractivity (Wildman–Crippen MR) is 67.0 cm³/mol. The SMILES string of the molecule is CC1(C)CN(c2cccnn2)CC(CBr)O1. The molecule has 0 aromatic carbocycles. The Balaban J connectivity index is 2.16. The second-order valence-corrected chi connectivity index (χ2v) is 5.26. The first-order valence-electron chi connectivity index (χ1n) is 5.37. The largest absolute Gasteiger partial charge is 0.368 e. The monoisotopic (exact) mass is 285 g/mol. The molecule has 16 heavy (non-hydrogen) atoms. The van der Waals surface area contributed by atoms with Crippen molar-refractivity contribution in [2.45, 2.75) is 25.6 Å². The van der Waals surface area contributed by atoms with Gasteiger partial charge in [0, 0.05) is 24.6 Å². The zero-order chi connectivity index (χ0) is 11.6. The van der Waals surface area contributed by atoms with Crippen molar-refractivity contribution < 1.29 is 4.74 Å². The molecule has 5 heteroatoms. The number of aromatic nitrogens is 2. The molecule has 0 radical (unpaired) electrons. The quantitative estimate of drug-likeness (QED) is 0.778. The molecule has 1 aromatic heterocycles. The van der Waals surface area contributed by atoms with Crippen molar-refractivity contribution >= 4 is 21.7 Å². The summed E-state index contributed by atoms with van der Waals surface area (Å²) in [6, 6.07) is 3.90. The summed E-state index contributed by atoms with van der Waals surface area (Å²) >= 11 is 3.47. The fourth-order valence-corrected chi connectivity index (χ4v) is 2.35. The third kappa shape index (κ3) is 2.71. The standard InChI is InChI=1S/C11H16BrN3O/c1-11(2)8-15(7-9(6-12)16-11)10-4-3-5-13-14-10/h3-5,9H,6-8H2,1-2H3. The Bertz CT molecular complexity index is 344. The van der Waals surface area contributed by atoms with E-state index in [0.29, 0.717) is 0 Å². The van der Waals surface area contributed by atoms with Crippen LogP contribution in [-0.4, -0.2) is 40.3 Å². The minimum Gasteiger partial charge on any atom is -0.368 e. The first-order chi connectivity index (χ1) is 7.61. The van der Waals surface area contributed by atoms with Crippen LogP contribution in [0.25, 0.3) is 0 Å². The lowest BCUT2D eigenvalue weighted by Crippen LogP contribution is -2.53. The van der Waals surface area contributed by atoms with Crippen LogP contribution in [-0.2, 0) is 4.74 Å². The highest BCUT2D eigenvalue weighted by Gasteiger charge is 2.33. The lowest BCUT2D eigenvalue weighted by atomic mass is 10.1. The van der Waals surface area contributed by atoms with E-state index in [1.54, 1.807) is 6.20 Å². The zero-order valence-electron chi connectivity index (χ0n) is 9.56. The molecule has 1 unspecified atom stereocenters. The van der Waals surface area contributed by atoms with Gasteiger partial charge in [-0.15, -0.1) is 5.10 Å². The second-order valence-electron chi connectivity index (χ2n) is 4.62. The predicted octanol–water partition coefficient (Wildman–Crippen LogP) is 1.86. The van der Waals surface area contributed by atoms with Crippen LogP contribution in [0.4, 0.5) is 5.82 Å². The molecule has 1 aliphatic rings. The van der Waals surface area contributed by atoms with Crippen molar-refractivity contribution in [3.63, 3.8) is 0 Å². The van der Waals surface area contributed by atoms with Crippen molar-refractivity contribution in [2.75, 3.05) is 23.3 Å². The molecule has 0 spiro atoms. The number of ether oxygens (including phenoxy) is 1. The third-order valence-corrected chi connectivity index (χ3v) is 3.26. The molecular formula is C11H16BrN3O. The van der Waals surface area contributed by atoms with Crippen LogP contribution in [0, 0.1) is 0 Å². The summed E-state index contributed by atoms with van der Waals surface area (Å²) < 4.78 is 5.94. The van der Waals surface area contributed by atoms with Gasteiger partial charge in [-0.2, -0.15) is 5.10 Å². The van der Waals surface area contributed by atoms with E-state index in [0.717, 1.165) is 24.2 Å². The van der Waals surface area contributed by atoms with Gasteiger partial charge < -0.3 is 9.64 Å². The van der Waals surface area contributed by atoms with Crippen LogP contribution in [0.2, 0.25) is 0 Å². The molecule has 2 heterocycles. The summed E-state index contributed by atoms with van der Waals surface area (Å²) in [6.45, 7) is 5.90. The fraction of sp³-hybridized carbons (Fsp3) is 0.636. The number of halogens is 1. The van der Waals surface area contributed by atoms with Crippen molar-refractivity contribution in [3.8, 4) is 0 Å². The van der Waals surface area contributed by atoms with Gasteiger partial charge >= 0.3 is 0 Å². The summed E-state index contributed by atoms with van der Waals surface area (Å²) in [5, 5.41) is 8.90. The molecule has 0 saturated carbocycles. The topological polar surface area (TPSA) is 38.2 Å². The fourth-order valence-electron chi connectivity index (χ4n) is 2.01. The van der Waals surface area contributed by atoms with Gasteiger partial charge in [-0.25, -0.2) is 0 Å². The Kier molecular flexibility index (Phi) is 3.44. The summed E-state index contributed by atoms with van der Waals surface area (Å²) in [7, 11) is 0. The van der Waals surface area contributed by atoms with Gasteiger partial charge in [0.15, 0.2) is 5.82 Å². The number of rotatable bonds is 2. The van der Waals surface area contributed by atoms with Gasteiger partial charge in [0.1, 0.15) is 0 Å². The molecule has 0 N–H and O–H groups in total. The van der Waals surface area contributed by atoms with E-state index >= 15 is 0 Å². The molecule has 1 fully saturated rings. The van der Waals surface area contributed by atoms with E-state index in [4.69, 9.17) is 4.74 Å². The molecule has 0 amide bonds. The van der Waals surface area contributed by atoms with Crippen LogP contribution in [0.15, 0.2) is 18.3 Å². The average Bonchev–Trinajstić information content (AvgIpc) is 2.28. The molecule has 1 aromatic rings. The normalized spacial score (nSPS) is 24.4. The average molecular weight is 286 g/mol. The smallest absolute Gasteiger partial charge is 0.151 e. The number of anilines is 1. The molecular weight excluding hydrogens is 270 g/mol. The van der Waals surface area contributed by atoms with E-state index in [1.165, 1.54) is 0 Å². The maximum absolute atomic E-state index is 5.94. The molecule has 4 nitrogen and oxygen atoms in total. The van der Waals surface area contributed by atoms with Gasteiger partial charge in [-0.1, -0.05) is 15.9 Å². The van der Waals surface area contributed by atoms with Crippen LogP contribution < -0.4 is 4.90 Å². The molecule has 1 atom stereocenters. The van der Waals surface area contributed by atoms with Crippen molar-refractivity contribution in [2.24, 2.45) is 0 Å². The number of nitrogens with zero attached hydrogens (tertiary/aromatic N) is 3. The molecule has 1 saturated heterocycles. The van der Waals surface area contributed by atoms with E-state index in [2.05, 4.69) is 44.9 Å². The summed E-state index contributed by atoms with van der Waals surface area (Å²) in [4.78, 5) is 2.22. The number of morpholine rings is 1. The third-order valence-electron chi connectivity index (χ3n) is 2.54. The Morgan fingerprint density at radius 3 is 3.06 bits per heavy atom. The van der Waals surface area contributed by atoms with E-state index < -0.39 is 0 Å². The molecule has 0 aliphatic carbocycles. The van der Waals surface area contributed by atoms with Gasteiger partial charge in [-0.3, -0.25) is 0 Å². The first kappa shape index (κ1) is 11.8. The number of hydrogen-bond acceptors (Lipinski definition) is 4. The van der Waals surface area contributed by atoms with Crippen molar-refractivity contribution in [3.05, 3.63) is 18.3 Å². The minimum absolute atomic E-state index is 0.145. The minimum atomic E-state index is -0.145. The highest BCUT2D eigenvalue weighted by atomic mass is 79.9. The lowest BCUT2D eigenvalue weighted by Gasteiger charge is -2.42. The van der Waals surface area contributed by atoms with Gasteiger partial charge in [-0.05, 0) is 26.0 Å². The Labute approximate surface area is 104 Å². The summed E-state index contributed by atoms with van der Waals surface area (Å²) in [5.41, 5.74) is -0.145. The maximum atomic E-state index is 5.94. The highest BCUT2D eigenvalue weighted by Crippen LogP contribution is 2.24. The number of alkyl halides is 1. The molecule has 0 bridgehead atoms. The lowest BCUT2D eigenvalue weighted by molar-refractivity contribution is -0.0726. The Hall–Kier alpha value is -0.680. The van der Waals surface area contributed by atoms with Crippen LogP contribution in [0.1, 0.15) is 13.8 Å².